The molecule has 2 rings (SSSR count). The zero-order valence-corrected chi connectivity index (χ0v) is 52.3. The summed E-state index contributed by atoms with van der Waals surface area (Å²) in [6.07, 6.45) is -43.1. The fourth-order valence-electron chi connectivity index (χ4n) is 8.46. The molecule has 10 nitrogen and oxygen atoms in total. The van der Waals surface area contributed by atoms with Gasteiger partial charge in [0.1, 0.15) is 6.10 Å². The zero-order valence-electron chi connectivity index (χ0n) is 52.3. The molecular formula is C55H61F36NO9. The van der Waals surface area contributed by atoms with E-state index in [4.69, 9.17) is 23.7 Å². The molecule has 0 aliphatic heterocycles. The number of amides is 1. The van der Waals surface area contributed by atoms with Crippen LogP contribution in [0.2, 0.25) is 0 Å². The highest BCUT2D eigenvalue weighted by Crippen LogP contribution is 2.58. The van der Waals surface area contributed by atoms with Crippen LogP contribution in [0.5, 0.6) is 11.5 Å². The van der Waals surface area contributed by atoms with E-state index in [1.807, 2.05) is 0 Å². The van der Waals surface area contributed by atoms with Gasteiger partial charge in [0.2, 0.25) is 5.91 Å². The third-order valence-electron chi connectivity index (χ3n) is 15.4. The standard InChI is InChI=1S/C55H61F36NO9/c1-6-37(2,3)36(94)92-31-11-13-32(14-12-31)101-35(93)16-10-30-9-15-33(95-23-7-17-38(4,97-25-19-40(56,57)44(64,65)48(72,73)52(80,81)82)98-26-20-41(58,59)45(66,67)49(74,75)53(83,84)85)34(29-30)96-24-8-18-39(5,99-27-21-42(60,61)46(68,69)50(76,77)54(86,87)88)100-28-22-43(62,63)47(70,71)51(78,79)55(89,90)91/h9-10,15-16,29,31-32H,6-8,11-14,17-28H2,1-5H3,(H,92,94)/b16-10+. The molecule has 592 valence electrons. The molecule has 0 spiro atoms. The lowest BCUT2D eigenvalue weighted by Crippen LogP contribution is -2.61. The van der Waals surface area contributed by atoms with Gasteiger partial charge in [-0.1, -0.05) is 26.8 Å². The number of rotatable bonds is 40. The van der Waals surface area contributed by atoms with E-state index < -0.39 is 227 Å². The third kappa shape index (κ3) is 21.3. The molecule has 0 aromatic heterocycles. The molecule has 1 aromatic carbocycles. The fraction of sp³-hybridized carbons (Fsp3) is 0.818. The Hall–Kier alpha value is -5.18. The zero-order chi connectivity index (χ0) is 79.2. The number of benzene rings is 1. The predicted octanol–water partition coefficient (Wildman–Crippen LogP) is 19.4. The lowest BCUT2D eigenvalue weighted by molar-refractivity contribution is -0.399. The number of alkyl halides is 36. The second-order valence-corrected chi connectivity index (χ2v) is 23.6. The molecule has 0 atom stereocenters. The Bertz CT molecular complexity index is 2750. The second kappa shape index (κ2) is 31.9. The van der Waals surface area contributed by atoms with E-state index >= 15 is 0 Å². The molecule has 0 heterocycles. The highest BCUT2D eigenvalue weighted by Gasteiger charge is 2.85. The number of carbonyl (C=O) groups is 2. The minimum absolute atomic E-state index is 0.173. The summed E-state index contributed by atoms with van der Waals surface area (Å²) in [5.74, 6) is -94.4. The Morgan fingerprint density at radius 3 is 0.990 bits per heavy atom. The van der Waals surface area contributed by atoms with Gasteiger partial charge < -0.3 is 38.5 Å². The largest absolute Gasteiger partial charge is 0.490 e. The molecule has 1 N–H and O–H groups in total. The minimum Gasteiger partial charge on any atom is -0.490 e. The highest BCUT2D eigenvalue weighted by atomic mass is 19.5. The summed E-state index contributed by atoms with van der Waals surface area (Å²) in [7, 11) is 0. The topological polar surface area (TPSA) is 111 Å². The SMILES string of the molecule is CCC(C)(C)C(=O)NC1CCC(OC(=O)/C=C/c2ccc(OCCCC(C)(OCCC(F)(F)C(F)(F)C(F)(F)C(F)(F)F)OCCC(F)(F)C(F)(F)C(F)(F)C(F)(F)F)c(OCCCC(C)(OCCC(F)(F)C(F)(F)C(F)(F)C(F)(F)F)OCCC(F)(F)C(F)(F)C(F)(F)C(F)(F)F)c2)CC1. The first-order chi connectivity index (χ1) is 44.9. The molecule has 0 bridgehead atoms. The second-order valence-electron chi connectivity index (χ2n) is 23.6. The summed E-state index contributed by atoms with van der Waals surface area (Å²) in [5, 5.41) is 2.87. The quantitative estimate of drug-likeness (QED) is 0.0226. The molecule has 1 aliphatic rings. The number of hydrogen-bond acceptors (Lipinski definition) is 9. The minimum atomic E-state index is -7.52. The Kier molecular flexibility index (Phi) is 29.0. The van der Waals surface area contributed by atoms with E-state index in [1.54, 1.807) is 20.8 Å². The smallest absolute Gasteiger partial charge is 0.460 e. The number of hydrogen-bond donors (Lipinski definition) is 1. The van der Waals surface area contributed by atoms with Gasteiger partial charge in [0.05, 0.1) is 39.6 Å². The van der Waals surface area contributed by atoms with Crippen LogP contribution in [-0.4, -0.2) is 171 Å². The molecule has 46 heteroatoms. The molecule has 1 amide bonds. The van der Waals surface area contributed by atoms with E-state index in [9.17, 15) is 168 Å². The first-order valence-corrected chi connectivity index (χ1v) is 28.9. The van der Waals surface area contributed by atoms with Gasteiger partial charge in [-0.25, -0.2) is 4.79 Å². The Morgan fingerprint density at radius 2 is 0.703 bits per heavy atom. The molecule has 1 aromatic rings. The van der Waals surface area contributed by atoms with Gasteiger partial charge in [0.25, 0.3) is 0 Å². The van der Waals surface area contributed by atoms with Gasteiger partial charge in [0.15, 0.2) is 23.1 Å². The van der Waals surface area contributed by atoms with Crippen molar-refractivity contribution in [2.75, 3.05) is 39.6 Å². The number of nitrogens with one attached hydrogen (secondary N) is 1. The summed E-state index contributed by atoms with van der Waals surface area (Å²) in [6.45, 7) is -5.21. The lowest BCUT2D eigenvalue weighted by atomic mass is 9.87. The summed E-state index contributed by atoms with van der Waals surface area (Å²) >= 11 is 0. The molecule has 0 radical (unpaired) electrons. The molecule has 0 saturated heterocycles. The summed E-state index contributed by atoms with van der Waals surface area (Å²) in [6, 6.07) is 2.40. The van der Waals surface area contributed by atoms with Crippen LogP contribution in [0.25, 0.3) is 6.08 Å². The first kappa shape index (κ1) is 91.9. The van der Waals surface area contributed by atoms with Gasteiger partial charge in [0, 0.05) is 56.1 Å². The average Bonchev–Trinajstić information content (AvgIpc) is 0.765. The Labute approximate surface area is 547 Å². The fourth-order valence-corrected chi connectivity index (χ4v) is 8.46. The van der Waals surface area contributed by atoms with Crippen LogP contribution in [0.3, 0.4) is 0 Å². The molecule has 1 saturated carbocycles. The van der Waals surface area contributed by atoms with Gasteiger partial charge in [-0.2, -0.15) is 158 Å². The highest BCUT2D eigenvalue weighted by molar-refractivity contribution is 5.87. The van der Waals surface area contributed by atoms with Gasteiger partial charge >= 0.3 is 102 Å². The van der Waals surface area contributed by atoms with Gasteiger partial charge in [-0.15, -0.1) is 0 Å². The molecule has 101 heavy (non-hydrogen) atoms. The summed E-state index contributed by atoms with van der Waals surface area (Å²) in [5.41, 5.74) is -0.908. The molecule has 1 aliphatic carbocycles. The number of carbonyl (C=O) groups excluding carboxylic acids is 2. The van der Waals surface area contributed by atoms with E-state index in [2.05, 4.69) is 14.8 Å². The van der Waals surface area contributed by atoms with E-state index in [-0.39, 0.29) is 30.4 Å². The van der Waals surface area contributed by atoms with Crippen LogP contribution < -0.4 is 14.8 Å². The van der Waals surface area contributed by atoms with Crippen molar-refractivity contribution in [3.05, 3.63) is 29.8 Å². The van der Waals surface area contributed by atoms with Crippen molar-refractivity contribution in [1.29, 1.82) is 0 Å². The molecular weight excluding hydrogens is 1500 g/mol. The van der Waals surface area contributed by atoms with Crippen LogP contribution >= 0.6 is 0 Å². The van der Waals surface area contributed by atoms with Crippen molar-refractivity contribution in [1.82, 2.24) is 5.32 Å². The third-order valence-corrected chi connectivity index (χ3v) is 15.4. The Balaban J connectivity index is 2.64. The van der Waals surface area contributed by atoms with Gasteiger partial charge in [-0.05, 0) is 82.6 Å². The monoisotopic (exact) mass is 1560 g/mol. The predicted molar refractivity (Wildman–Crippen MR) is 272 cm³/mol. The summed E-state index contributed by atoms with van der Waals surface area (Å²) in [4.78, 5) is 25.6. The maximum atomic E-state index is 14.5. The van der Waals surface area contributed by atoms with Crippen molar-refractivity contribution < 1.29 is 201 Å². The van der Waals surface area contributed by atoms with E-state index in [0.29, 0.717) is 33.1 Å². The average molecular weight is 1560 g/mol. The summed E-state index contributed by atoms with van der Waals surface area (Å²) < 4.78 is 525. The maximum absolute atomic E-state index is 14.5. The molecule has 1 fully saturated rings. The van der Waals surface area contributed by atoms with Crippen LogP contribution in [0.1, 0.15) is 124 Å². The number of ether oxygens (including phenoxy) is 7. The van der Waals surface area contributed by atoms with E-state index in [0.717, 1.165) is 30.4 Å². The molecule has 0 unspecified atom stereocenters. The van der Waals surface area contributed by atoms with Crippen molar-refractivity contribution in [3.63, 3.8) is 0 Å². The van der Waals surface area contributed by atoms with Crippen molar-refractivity contribution in [2.24, 2.45) is 5.41 Å². The van der Waals surface area contributed by atoms with Crippen LogP contribution in [0.15, 0.2) is 24.3 Å². The van der Waals surface area contributed by atoms with Crippen molar-refractivity contribution in [2.45, 2.75) is 238 Å². The van der Waals surface area contributed by atoms with Gasteiger partial charge in [-0.3, -0.25) is 4.79 Å². The van der Waals surface area contributed by atoms with Crippen LogP contribution in [0.4, 0.5) is 158 Å². The maximum Gasteiger partial charge on any atom is 0.460 e. The van der Waals surface area contributed by atoms with Crippen molar-refractivity contribution >= 4 is 18.0 Å². The van der Waals surface area contributed by atoms with Crippen LogP contribution in [0, 0.1) is 5.41 Å². The first-order valence-electron chi connectivity index (χ1n) is 28.9. The van der Waals surface area contributed by atoms with Crippen molar-refractivity contribution in [3.8, 4) is 11.5 Å². The Morgan fingerprint density at radius 1 is 0.406 bits per heavy atom. The number of esters is 1. The lowest BCUT2D eigenvalue weighted by Gasteiger charge is -2.36. The van der Waals surface area contributed by atoms with Crippen LogP contribution in [-0.2, 0) is 33.3 Å². The number of halogens is 36. The van der Waals surface area contributed by atoms with E-state index in [1.165, 1.54) is 0 Å². The normalized spacial score (nSPS) is 17.4.